The van der Waals surface area contributed by atoms with Crippen LogP contribution in [0.1, 0.15) is 142 Å². The molecule has 0 saturated heterocycles. The van der Waals surface area contributed by atoms with Gasteiger partial charge in [0.05, 0.1) is 0 Å². The minimum absolute atomic E-state index is 0.372. The van der Waals surface area contributed by atoms with Crippen LogP contribution in [0.3, 0.4) is 0 Å². The van der Waals surface area contributed by atoms with Gasteiger partial charge in [-0.05, 0) is 12.8 Å². The number of hydrogen-bond donors (Lipinski definition) is 4. The van der Waals surface area contributed by atoms with Crippen LogP contribution < -0.4 is 0 Å². The molecule has 192 valence electrons. The topological polar surface area (TPSA) is 115 Å². The highest BCUT2D eigenvalue weighted by Crippen LogP contribution is 2.11. The number of unbranched alkanes of at least 4 members (excludes halogenated alkanes) is 18. The molecule has 0 heterocycles. The van der Waals surface area contributed by atoms with Crippen molar-refractivity contribution in [1.29, 1.82) is 0 Å². The Morgan fingerprint density at radius 1 is 0.419 bits per heavy atom. The second-order valence-corrected chi connectivity index (χ2v) is 9.15. The molecular weight excluding hydrogens is 416 g/mol. The van der Waals surface area contributed by atoms with Crippen molar-refractivity contribution < 1.29 is 27.7 Å². The number of aliphatic hydroxyl groups excluding tert-OH is 2. The van der Waals surface area contributed by atoms with E-state index in [9.17, 15) is 0 Å². The lowest BCUT2D eigenvalue weighted by Gasteiger charge is -2.00. The molecule has 31 heavy (non-hydrogen) atoms. The number of aliphatic hydroxyl groups is 2. The lowest BCUT2D eigenvalue weighted by molar-refractivity contribution is 0.282. The molecule has 0 saturated carbocycles. The maximum Gasteiger partial charge on any atom is 0.394 e. The molecule has 0 fully saturated rings. The smallest absolute Gasteiger partial charge is 0.394 e. The van der Waals surface area contributed by atoms with E-state index in [1.807, 2.05) is 0 Å². The van der Waals surface area contributed by atoms with E-state index >= 15 is 0 Å². The Morgan fingerprint density at radius 2 is 0.581 bits per heavy atom. The lowest BCUT2D eigenvalue weighted by Crippen LogP contribution is -1.89. The zero-order valence-corrected chi connectivity index (χ0v) is 21.4. The first-order valence-corrected chi connectivity index (χ1v) is 14.1. The van der Waals surface area contributed by atoms with E-state index in [4.69, 9.17) is 27.7 Å². The molecule has 4 N–H and O–H groups in total. The van der Waals surface area contributed by atoms with Gasteiger partial charge in [0.25, 0.3) is 0 Å². The summed E-state index contributed by atoms with van der Waals surface area (Å²) in [6.45, 7) is 5.26. The minimum atomic E-state index is -4.67. The fraction of sp³-hybridized carbons (Fsp3) is 1.00. The Balaban J connectivity index is -0.000000416. The zero-order chi connectivity index (χ0) is 24.1. The molecule has 0 aromatic carbocycles. The van der Waals surface area contributed by atoms with Crippen LogP contribution in [0.5, 0.6) is 0 Å². The minimum Gasteiger partial charge on any atom is -0.396 e. The first kappa shape index (κ1) is 35.4. The Kier molecular flexibility index (Phi) is 36.5. The summed E-state index contributed by atoms with van der Waals surface area (Å²) in [6.07, 6.45) is 26.6. The van der Waals surface area contributed by atoms with Gasteiger partial charge in [-0.2, -0.15) is 8.42 Å². The molecule has 0 amide bonds. The van der Waals surface area contributed by atoms with Crippen LogP contribution in [0, 0.1) is 0 Å². The highest BCUT2D eigenvalue weighted by Gasteiger charge is 1.92. The summed E-state index contributed by atoms with van der Waals surface area (Å²) in [7, 11) is -4.67. The predicted octanol–water partition coefficient (Wildman–Crippen LogP) is 7.15. The Hall–Kier alpha value is -0.210. The summed E-state index contributed by atoms with van der Waals surface area (Å²) in [6, 6.07) is 0. The van der Waals surface area contributed by atoms with Gasteiger partial charge in [-0.3, -0.25) is 9.11 Å². The molecule has 0 aliphatic rings. The maximum atomic E-state index is 8.74. The Labute approximate surface area is 193 Å². The molecule has 0 bridgehead atoms. The highest BCUT2D eigenvalue weighted by atomic mass is 32.3. The van der Waals surface area contributed by atoms with Crippen LogP contribution >= 0.6 is 0 Å². The predicted molar refractivity (Wildman–Crippen MR) is 132 cm³/mol. The van der Waals surface area contributed by atoms with Crippen molar-refractivity contribution in [2.45, 2.75) is 142 Å². The van der Waals surface area contributed by atoms with Gasteiger partial charge < -0.3 is 10.2 Å². The summed E-state index contributed by atoms with van der Waals surface area (Å²) in [4.78, 5) is 0. The molecule has 0 aromatic heterocycles. The van der Waals surface area contributed by atoms with E-state index < -0.39 is 10.4 Å². The SMILES string of the molecule is CCCCCCCCCCCCO.CCCCCCCCCCCCO.O=S(=O)(O)O. The van der Waals surface area contributed by atoms with Crippen LogP contribution in [-0.2, 0) is 10.4 Å². The standard InChI is InChI=1S/2C12H26O.H2O4S/c2*1-2-3-4-5-6-7-8-9-10-11-12-13;1-5(2,3)4/h2*13H,2-12H2,1H3;(H2,1,2,3,4). The lowest BCUT2D eigenvalue weighted by atomic mass is 10.1. The molecule has 0 radical (unpaired) electrons. The molecule has 0 aromatic rings. The van der Waals surface area contributed by atoms with E-state index in [1.165, 1.54) is 116 Å². The first-order chi connectivity index (χ1) is 14.8. The fourth-order valence-corrected chi connectivity index (χ4v) is 3.20. The normalized spacial score (nSPS) is 10.8. The van der Waals surface area contributed by atoms with Crippen molar-refractivity contribution in [3.05, 3.63) is 0 Å². The van der Waals surface area contributed by atoms with Gasteiger partial charge in [0.2, 0.25) is 0 Å². The average molecular weight is 471 g/mol. The van der Waals surface area contributed by atoms with Gasteiger partial charge in [-0.15, -0.1) is 0 Å². The van der Waals surface area contributed by atoms with Crippen molar-refractivity contribution in [3.63, 3.8) is 0 Å². The van der Waals surface area contributed by atoms with Gasteiger partial charge in [-0.1, -0.05) is 129 Å². The van der Waals surface area contributed by atoms with Crippen LogP contribution in [-0.4, -0.2) is 41.0 Å². The summed E-state index contributed by atoms with van der Waals surface area (Å²) in [5, 5.41) is 17.1. The molecule has 0 unspecified atom stereocenters. The summed E-state index contributed by atoms with van der Waals surface area (Å²) in [5.41, 5.74) is 0. The van der Waals surface area contributed by atoms with Crippen molar-refractivity contribution in [3.8, 4) is 0 Å². The van der Waals surface area contributed by atoms with E-state index in [0.717, 1.165) is 12.8 Å². The number of hydrogen-bond acceptors (Lipinski definition) is 4. The van der Waals surface area contributed by atoms with Gasteiger partial charge in [0.1, 0.15) is 0 Å². The summed E-state index contributed by atoms with van der Waals surface area (Å²) >= 11 is 0. The average Bonchev–Trinajstić information content (AvgIpc) is 2.71. The quantitative estimate of drug-likeness (QED) is 0.111. The maximum absolute atomic E-state index is 8.74. The van der Waals surface area contributed by atoms with Gasteiger partial charge in [0.15, 0.2) is 0 Å². The van der Waals surface area contributed by atoms with Crippen molar-refractivity contribution in [2.75, 3.05) is 13.2 Å². The van der Waals surface area contributed by atoms with Crippen LogP contribution in [0.25, 0.3) is 0 Å². The monoisotopic (exact) mass is 470 g/mol. The molecule has 0 rings (SSSR count). The third-order valence-electron chi connectivity index (χ3n) is 5.02. The van der Waals surface area contributed by atoms with Gasteiger partial charge in [0, 0.05) is 13.2 Å². The molecular formula is C24H54O6S. The van der Waals surface area contributed by atoms with Crippen molar-refractivity contribution >= 4 is 10.4 Å². The Bertz CT molecular complexity index is 338. The van der Waals surface area contributed by atoms with E-state index in [1.54, 1.807) is 0 Å². The third kappa shape index (κ3) is 58.7. The third-order valence-corrected chi connectivity index (χ3v) is 5.02. The van der Waals surface area contributed by atoms with E-state index in [2.05, 4.69) is 13.8 Å². The molecule has 0 spiro atoms. The second kappa shape index (κ2) is 32.0. The van der Waals surface area contributed by atoms with Gasteiger partial charge >= 0.3 is 10.4 Å². The van der Waals surface area contributed by atoms with Crippen LogP contribution in [0.15, 0.2) is 0 Å². The zero-order valence-electron chi connectivity index (χ0n) is 20.6. The highest BCUT2D eigenvalue weighted by molar-refractivity contribution is 7.79. The first-order valence-electron chi connectivity index (χ1n) is 12.7. The van der Waals surface area contributed by atoms with E-state index in [-0.39, 0.29) is 0 Å². The molecule has 0 aliphatic carbocycles. The molecule has 0 aliphatic heterocycles. The Morgan fingerprint density at radius 3 is 0.742 bits per heavy atom. The molecule has 7 heteroatoms. The summed E-state index contributed by atoms with van der Waals surface area (Å²) < 4.78 is 31.6. The second-order valence-electron chi connectivity index (χ2n) is 8.26. The summed E-state index contributed by atoms with van der Waals surface area (Å²) in [5.74, 6) is 0. The van der Waals surface area contributed by atoms with Crippen molar-refractivity contribution in [1.82, 2.24) is 0 Å². The largest absolute Gasteiger partial charge is 0.396 e. The van der Waals surface area contributed by atoms with Crippen LogP contribution in [0.4, 0.5) is 0 Å². The number of rotatable bonds is 20. The fourth-order valence-electron chi connectivity index (χ4n) is 3.20. The molecule has 0 atom stereocenters. The van der Waals surface area contributed by atoms with Crippen molar-refractivity contribution in [2.24, 2.45) is 0 Å². The van der Waals surface area contributed by atoms with E-state index in [0.29, 0.717) is 13.2 Å². The van der Waals surface area contributed by atoms with Crippen LogP contribution in [0.2, 0.25) is 0 Å². The molecule has 6 nitrogen and oxygen atoms in total. The van der Waals surface area contributed by atoms with Gasteiger partial charge in [-0.25, -0.2) is 0 Å².